The fourth-order valence-corrected chi connectivity index (χ4v) is 2.64. The molecule has 6 heteroatoms. The minimum atomic E-state index is -0.432. The van der Waals surface area contributed by atoms with Crippen LogP contribution in [0.4, 0.5) is 0 Å². The molecule has 3 rings (SSSR count). The Morgan fingerprint density at radius 1 is 0.724 bits per heavy atom. The summed E-state index contributed by atoms with van der Waals surface area (Å²) in [5, 5.41) is 0. The number of hydrazine groups is 1. The van der Waals surface area contributed by atoms with Gasteiger partial charge in [0.15, 0.2) is 0 Å². The quantitative estimate of drug-likeness (QED) is 0.478. The number of carbonyl (C=O) groups excluding carboxylic acids is 2. The highest BCUT2D eigenvalue weighted by molar-refractivity contribution is 5.99. The molecule has 148 valence electrons. The fraction of sp³-hybridized carbons (Fsp3) is 0.130. The molecule has 0 aliphatic heterocycles. The first-order valence-electron chi connectivity index (χ1n) is 9.20. The van der Waals surface area contributed by atoms with E-state index in [2.05, 4.69) is 10.9 Å². The Kier molecular flexibility index (Phi) is 6.84. The Hall–Kier alpha value is -3.80. The molecule has 0 radical (unpaired) electrons. The normalized spacial score (nSPS) is 10.1. The van der Waals surface area contributed by atoms with Crippen molar-refractivity contribution in [1.82, 2.24) is 10.9 Å². The SMILES string of the molecule is Cc1ccccc1C(=O)NNC(=O)c1cccc(OCCOc2ccccc2)c1. The number of carbonyl (C=O) groups is 2. The number of hydrogen-bond acceptors (Lipinski definition) is 4. The summed E-state index contributed by atoms with van der Waals surface area (Å²) in [6, 6.07) is 23.3. The smallest absolute Gasteiger partial charge is 0.269 e. The van der Waals surface area contributed by atoms with Crippen molar-refractivity contribution in [1.29, 1.82) is 0 Å². The van der Waals surface area contributed by atoms with Crippen LogP contribution < -0.4 is 20.3 Å². The highest BCUT2D eigenvalue weighted by Gasteiger charge is 2.11. The van der Waals surface area contributed by atoms with Crippen LogP contribution in [-0.2, 0) is 0 Å². The average Bonchev–Trinajstić information content (AvgIpc) is 2.76. The lowest BCUT2D eigenvalue weighted by molar-refractivity contribution is 0.0846. The van der Waals surface area contributed by atoms with E-state index in [0.29, 0.717) is 30.1 Å². The van der Waals surface area contributed by atoms with Crippen molar-refractivity contribution in [2.75, 3.05) is 13.2 Å². The molecule has 0 spiro atoms. The molecule has 0 aliphatic rings. The van der Waals surface area contributed by atoms with E-state index in [9.17, 15) is 9.59 Å². The van der Waals surface area contributed by atoms with Crippen molar-refractivity contribution in [3.8, 4) is 11.5 Å². The van der Waals surface area contributed by atoms with Gasteiger partial charge in [0.25, 0.3) is 11.8 Å². The third-order valence-corrected chi connectivity index (χ3v) is 4.14. The van der Waals surface area contributed by atoms with E-state index < -0.39 is 5.91 Å². The zero-order valence-corrected chi connectivity index (χ0v) is 16.1. The highest BCUT2D eigenvalue weighted by atomic mass is 16.5. The molecule has 2 amide bonds. The second-order valence-electron chi connectivity index (χ2n) is 6.26. The Labute approximate surface area is 169 Å². The number of benzene rings is 3. The fourth-order valence-electron chi connectivity index (χ4n) is 2.64. The predicted molar refractivity (Wildman–Crippen MR) is 110 cm³/mol. The Bertz CT molecular complexity index is 973. The first-order valence-corrected chi connectivity index (χ1v) is 9.20. The monoisotopic (exact) mass is 390 g/mol. The first kappa shape index (κ1) is 19.9. The molecular formula is C23H22N2O4. The highest BCUT2D eigenvalue weighted by Crippen LogP contribution is 2.14. The number of aryl methyl sites for hydroxylation is 1. The topological polar surface area (TPSA) is 76.7 Å². The van der Waals surface area contributed by atoms with Gasteiger partial charge in [0.05, 0.1) is 0 Å². The van der Waals surface area contributed by atoms with Gasteiger partial charge in [-0.25, -0.2) is 0 Å². The van der Waals surface area contributed by atoms with Gasteiger partial charge in [-0.2, -0.15) is 0 Å². The molecule has 2 N–H and O–H groups in total. The lowest BCUT2D eigenvalue weighted by Crippen LogP contribution is -2.41. The summed E-state index contributed by atoms with van der Waals surface area (Å²) in [6.07, 6.45) is 0. The van der Waals surface area contributed by atoms with E-state index in [4.69, 9.17) is 9.47 Å². The number of ether oxygens (including phenoxy) is 2. The summed E-state index contributed by atoms with van der Waals surface area (Å²) >= 11 is 0. The van der Waals surface area contributed by atoms with Crippen molar-refractivity contribution in [2.45, 2.75) is 6.92 Å². The largest absolute Gasteiger partial charge is 0.490 e. The zero-order chi connectivity index (χ0) is 20.5. The Morgan fingerprint density at radius 2 is 1.34 bits per heavy atom. The number of nitrogens with one attached hydrogen (secondary N) is 2. The molecule has 0 fully saturated rings. The molecule has 0 heterocycles. The van der Waals surface area contributed by atoms with Gasteiger partial charge >= 0.3 is 0 Å². The lowest BCUT2D eigenvalue weighted by Gasteiger charge is -2.11. The van der Waals surface area contributed by atoms with Gasteiger partial charge < -0.3 is 9.47 Å². The maximum absolute atomic E-state index is 12.3. The summed E-state index contributed by atoms with van der Waals surface area (Å²) in [7, 11) is 0. The van der Waals surface area contributed by atoms with E-state index >= 15 is 0 Å². The van der Waals surface area contributed by atoms with Crippen molar-refractivity contribution in [2.24, 2.45) is 0 Å². The minimum Gasteiger partial charge on any atom is -0.490 e. The standard InChI is InChI=1S/C23H22N2O4/c1-17-8-5-6-13-21(17)23(27)25-24-22(26)18-9-7-12-20(16-18)29-15-14-28-19-10-3-2-4-11-19/h2-13,16H,14-15H2,1H3,(H,24,26)(H,25,27). The third-order valence-electron chi connectivity index (χ3n) is 4.14. The molecule has 0 aromatic heterocycles. The molecule has 29 heavy (non-hydrogen) atoms. The van der Waals surface area contributed by atoms with Gasteiger partial charge in [0.1, 0.15) is 24.7 Å². The molecule has 0 saturated heterocycles. The maximum Gasteiger partial charge on any atom is 0.269 e. The van der Waals surface area contributed by atoms with Gasteiger partial charge in [-0.05, 0) is 48.9 Å². The summed E-state index contributed by atoms with van der Waals surface area (Å²) < 4.78 is 11.2. The van der Waals surface area contributed by atoms with Gasteiger partial charge in [0, 0.05) is 11.1 Å². The summed E-state index contributed by atoms with van der Waals surface area (Å²) in [5.74, 6) is 0.507. The molecule has 6 nitrogen and oxygen atoms in total. The number of rotatable bonds is 7. The third kappa shape index (κ3) is 5.84. The van der Waals surface area contributed by atoms with Crippen LogP contribution in [0.3, 0.4) is 0 Å². The summed E-state index contributed by atoms with van der Waals surface area (Å²) in [5.41, 5.74) is 6.55. The Balaban J connectivity index is 1.48. The van der Waals surface area contributed by atoms with Gasteiger partial charge in [0.2, 0.25) is 0 Å². The molecule has 0 unspecified atom stereocenters. The van der Waals surface area contributed by atoms with Crippen LogP contribution in [0, 0.1) is 6.92 Å². The van der Waals surface area contributed by atoms with Crippen molar-refractivity contribution >= 4 is 11.8 Å². The molecule has 0 atom stereocenters. The number of amides is 2. The van der Waals surface area contributed by atoms with Crippen LogP contribution in [0.15, 0.2) is 78.9 Å². The first-order chi connectivity index (χ1) is 14.1. The minimum absolute atomic E-state index is 0.337. The van der Waals surface area contributed by atoms with Crippen molar-refractivity contribution in [3.05, 3.63) is 95.6 Å². The van der Waals surface area contributed by atoms with Crippen LogP contribution in [0.25, 0.3) is 0 Å². The van der Waals surface area contributed by atoms with Crippen molar-refractivity contribution < 1.29 is 19.1 Å². The maximum atomic E-state index is 12.3. The molecule has 0 bridgehead atoms. The zero-order valence-electron chi connectivity index (χ0n) is 16.1. The van der Waals surface area contributed by atoms with Crippen LogP contribution in [0.1, 0.15) is 26.3 Å². The van der Waals surface area contributed by atoms with Gasteiger partial charge in [-0.1, -0.05) is 42.5 Å². The average molecular weight is 390 g/mol. The number of hydrogen-bond donors (Lipinski definition) is 2. The molecular weight excluding hydrogens is 368 g/mol. The van der Waals surface area contributed by atoms with E-state index in [1.54, 1.807) is 36.4 Å². The predicted octanol–water partition coefficient (Wildman–Crippen LogP) is 3.53. The van der Waals surface area contributed by atoms with Crippen LogP contribution in [0.5, 0.6) is 11.5 Å². The molecule has 0 aliphatic carbocycles. The molecule has 3 aromatic rings. The second-order valence-corrected chi connectivity index (χ2v) is 6.26. The van der Waals surface area contributed by atoms with Crippen molar-refractivity contribution in [3.63, 3.8) is 0 Å². The van der Waals surface area contributed by atoms with Crippen LogP contribution in [0.2, 0.25) is 0 Å². The lowest BCUT2D eigenvalue weighted by atomic mass is 10.1. The molecule has 3 aromatic carbocycles. The van der Waals surface area contributed by atoms with Gasteiger partial charge in [-0.3, -0.25) is 20.4 Å². The summed E-state index contributed by atoms with van der Waals surface area (Å²) in [6.45, 7) is 2.55. The molecule has 0 saturated carbocycles. The Morgan fingerprint density at radius 3 is 2.10 bits per heavy atom. The van der Waals surface area contributed by atoms with Crippen LogP contribution in [-0.4, -0.2) is 25.0 Å². The van der Waals surface area contributed by atoms with Gasteiger partial charge in [-0.15, -0.1) is 0 Å². The number of para-hydroxylation sites is 1. The second kappa shape index (κ2) is 9.94. The van der Waals surface area contributed by atoms with E-state index in [-0.39, 0.29) is 5.91 Å². The van der Waals surface area contributed by atoms with Crippen LogP contribution >= 0.6 is 0 Å². The van der Waals surface area contributed by atoms with E-state index in [0.717, 1.165) is 11.3 Å². The van der Waals surface area contributed by atoms with E-state index in [1.807, 2.05) is 49.4 Å². The summed E-state index contributed by atoms with van der Waals surface area (Å²) in [4.78, 5) is 24.5. The van der Waals surface area contributed by atoms with E-state index in [1.165, 1.54) is 0 Å².